The van der Waals surface area contributed by atoms with Crippen molar-refractivity contribution >= 4 is 21.6 Å². The maximum Gasteiger partial charge on any atom is 0.0598 e. The number of aryl methyl sites for hydroxylation is 2. The van der Waals surface area contributed by atoms with E-state index in [4.69, 9.17) is 0 Å². The number of rotatable bonds is 3. The maximum atomic E-state index is 4.40. The summed E-state index contributed by atoms with van der Waals surface area (Å²) in [4.78, 5) is 6.63. The summed E-state index contributed by atoms with van der Waals surface area (Å²) in [6.07, 6.45) is 1.84. The minimum atomic E-state index is 0.817. The topological polar surface area (TPSA) is 16.1 Å². The fraction of sp³-hybridized carbons (Fsp3) is 0.267. The van der Waals surface area contributed by atoms with Crippen molar-refractivity contribution in [1.29, 1.82) is 0 Å². The Hall–Kier alpha value is -1.35. The van der Waals surface area contributed by atoms with Crippen LogP contribution in [0.1, 0.15) is 16.8 Å². The number of hydrogen-bond donors (Lipinski definition) is 0. The lowest BCUT2D eigenvalue weighted by Crippen LogP contribution is -2.18. The van der Waals surface area contributed by atoms with Gasteiger partial charge in [0.15, 0.2) is 0 Å². The Balaban J connectivity index is 2.16. The number of hydrogen-bond acceptors (Lipinski definition) is 2. The van der Waals surface area contributed by atoms with Gasteiger partial charge in [0, 0.05) is 23.4 Å². The van der Waals surface area contributed by atoms with E-state index >= 15 is 0 Å². The lowest BCUT2D eigenvalue weighted by Gasteiger charge is -2.21. The van der Waals surface area contributed by atoms with Gasteiger partial charge in [0.2, 0.25) is 0 Å². The zero-order valence-corrected chi connectivity index (χ0v) is 12.5. The first-order valence-electron chi connectivity index (χ1n) is 5.95. The number of benzene rings is 1. The standard InChI is InChI=1S/C15H17BrN2/c1-11-4-7-15(12(2)8-11)18(3)10-14-6-5-13(16)9-17-14/h4-9H,10H2,1-3H3. The maximum absolute atomic E-state index is 4.40. The van der Waals surface area contributed by atoms with Gasteiger partial charge in [0.25, 0.3) is 0 Å². The number of halogens is 1. The molecule has 0 atom stereocenters. The van der Waals surface area contributed by atoms with E-state index in [1.807, 2.05) is 18.3 Å². The summed E-state index contributed by atoms with van der Waals surface area (Å²) in [5.41, 5.74) is 4.92. The highest BCUT2D eigenvalue weighted by Crippen LogP contribution is 2.21. The largest absolute Gasteiger partial charge is 0.368 e. The van der Waals surface area contributed by atoms with Gasteiger partial charge in [-0.05, 0) is 53.5 Å². The Morgan fingerprint density at radius 1 is 1.17 bits per heavy atom. The highest BCUT2D eigenvalue weighted by Gasteiger charge is 2.06. The normalized spacial score (nSPS) is 10.4. The van der Waals surface area contributed by atoms with Gasteiger partial charge in [0.1, 0.15) is 0 Å². The van der Waals surface area contributed by atoms with E-state index in [0.29, 0.717) is 0 Å². The summed E-state index contributed by atoms with van der Waals surface area (Å²) in [6, 6.07) is 10.6. The Morgan fingerprint density at radius 2 is 1.94 bits per heavy atom. The fourth-order valence-electron chi connectivity index (χ4n) is 2.06. The van der Waals surface area contributed by atoms with Gasteiger partial charge in [-0.1, -0.05) is 17.7 Å². The molecule has 0 unspecified atom stereocenters. The summed E-state index contributed by atoms with van der Waals surface area (Å²) in [5, 5.41) is 0. The molecular formula is C15H17BrN2. The van der Waals surface area contributed by atoms with Gasteiger partial charge < -0.3 is 4.90 Å². The molecule has 94 valence electrons. The predicted molar refractivity (Wildman–Crippen MR) is 80.0 cm³/mol. The molecule has 2 aromatic rings. The van der Waals surface area contributed by atoms with Crippen molar-refractivity contribution in [2.45, 2.75) is 20.4 Å². The van der Waals surface area contributed by atoms with Crippen molar-refractivity contribution in [3.05, 3.63) is 57.8 Å². The van der Waals surface area contributed by atoms with Crippen molar-refractivity contribution < 1.29 is 0 Å². The van der Waals surface area contributed by atoms with Crippen molar-refractivity contribution in [1.82, 2.24) is 4.98 Å². The molecule has 2 rings (SSSR count). The van der Waals surface area contributed by atoms with E-state index in [1.54, 1.807) is 0 Å². The van der Waals surface area contributed by atoms with Crippen LogP contribution in [-0.4, -0.2) is 12.0 Å². The average molecular weight is 305 g/mol. The minimum absolute atomic E-state index is 0.817. The van der Waals surface area contributed by atoms with Crippen molar-refractivity contribution in [3.8, 4) is 0 Å². The Labute approximate surface area is 117 Å². The average Bonchev–Trinajstić information content (AvgIpc) is 2.32. The first kappa shape index (κ1) is 13.1. The molecule has 0 bridgehead atoms. The molecule has 3 heteroatoms. The highest BCUT2D eigenvalue weighted by molar-refractivity contribution is 9.10. The minimum Gasteiger partial charge on any atom is -0.368 e. The van der Waals surface area contributed by atoms with E-state index < -0.39 is 0 Å². The first-order valence-corrected chi connectivity index (χ1v) is 6.74. The third kappa shape index (κ3) is 3.10. The molecule has 0 N–H and O–H groups in total. The molecular weight excluding hydrogens is 288 g/mol. The zero-order chi connectivity index (χ0) is 13.1. The number of pyridine rings is 1. The third-order valence-electron chi connectivity index (χ3n) is 2.95. The molecule has 0 aliphatic heterocycles. The zero-order valence-electron chi connectivity index (χ0n) is 10.9. The van der Waals surface area contributed by atoms with Crippen molar-refractivity contribution in [3.63, 3.8) is 0 Å². The molecule has 0 fully saturated rings. The van der Waals surface area contributed by atoms with E-state index in [1.165, 1.54) is 16.8 Å². The van der Waals surface area contributed by atoms with Crippen LogP contribution in [0.4, 0.5) is 5.69 Å². The van der Waals surface area contributed by atoms with Crippen molar-refractivity contribution in [2.75, 3.05) is 11.9 Å². The lowest BCUT2D eigenvalue weighted by molar-refractivity contribution is 0.879. The van der Waals surface area contributed by atoms with Crippen molar-refractivity contribution in [2.24, 2.45) is 0 Å². The Kier molecular flexibility index (Phi) is 4.02. The van der Waals surface area contributed by atoms with E-state index in [9.17, 15) is 0 Å². The molecule has 18 heavy (non-hydrogen) atoms. The molecule has 1 aromatic carbocycles. The van der Waals surface area contributed by atoms with Crippen LogP contribution in [0.15, 0.2) is 41.0 Å². The summed E-state index contributed by atoms with van der Waals surface area (Å²) >= 11 is 3.40. The smallest absolute Gasteiger partial charge is 0.0598 e. The molecule has 1 heterocycles. The van der Waals surface area contributed by atoms with Crippen LogP contribution in [0.5, 0.6) is 0 Å². The predicted octanol–water partition coefficient (Wildman–Crippen LogP) is 4.10. The Bertz CT molecular complexity index is 535. The first-order chi connectivity index (χ1) is 8.56. The summed E-state index contributed by atoms with van der Waals surface area (Å²) in [5.74, 6) is 0. The molecule has 0 radical (unpaired) electrons. The molecule has 0 amide bonds. The highest BCUT2D eigenvalue weighted by atomic mass is 79.9. The van der Waals surface area contributed by atoms with Crippen LogP contribution in [0.2, 0.25) is 0 Å². The number of aromatic nitrogens is 1. The third-order valence-corrected chi connectivity index (χ3v) is 3.42. The number of anilines is 1. The van der Waals surface area contributed by atoms with Crippen LogP contribution >= 0.6 is 15.9 Å². The molecule has 0 saturated heterocycles. The second kappa shape index (κ2) is 5.53. The fourth-order valence-corrected chi connectivity index (χ4v) is 2.30. The van der Waals surface area contributed by atoms with Crippen LogP contribution < -0.4 is 4.90 Å². The lowest BCUT2D eigenvalue weighted by atomic mass is 10.1. The van der Waals surface area contributed by atoms with Gasteiger partial charge in [-0.25, -0.2) is 0 Å². The van der Waals surface area contributed by atoms with Gasteiger partial charge in [-0.2, -0.15) is 0 Å². The van der Waals surface area contributed by atoms with E-state index in [-0.39, 0.29) is 0 Å². The van der Waals surface area contributed by atoms with Crippen LogP contribution in [-0.2, 0) is 6.54 Å². The van der Waals surface area contributed by atoms with Gasteiger partial charge in [-0.3, -0.25) is 4.98 Å². The van der Waals surface area contributed by atoms with E-state index in [2.05, 4.69) is 64.9 Å². The molecule has 1 aromatic heterocycles. The van der Waals surface area contributed by atoms with E-state index in [0.717, 1.165) is 16.7 Å². The van der Waals surface area contributed by atoms with Crippen LogP contribution in [0.25, 0.3) is 0 Å². The number of nitrogens with zero attached hydrogens (tertiary/aromatic N) is 2. The molecule has 0 saturated carbocycles. The molecule has 0 spiro atoms. The van der Waals surface area contributed by atoms with Crippen LogP contribution in [0, 0.1) is 13.8 Å². The van der Waals surface area contributed by atoms with Gasteiger partial charge >= 0.3 is 0 Å². The summed E-state index contributed by atoms with van der Waals surface area (Å²) < 4.78 is 1.01. The second-order valence-electron chi connectivity index (χ2n) is 4.61. The summed E-state index contributed by atoms with van der Waals surface area (Å²) in [6.45, 7) is 5.08. The Morgan fingerprint density at radius 3 is 2.56 bits per heavy atom. The molecule has 0 aliphatic rings. The molecule has 2 nitrogen and oxygen atoms in total. The SMILES string of the molecule is Cc1ccc(N(C)Cc2ccc(Br)cn2)c(C)c1. The molecule has 0 aliphatic carbocycles. The van der Waals surface area contributed by atoms with Gasteiger partial charge in [-0.15, -0.1) is 0 Å². The van der Waals surface area contributed by atoms with Crippen LogP contribution in [0.3, 0.4) is 0 Å². The van der Waals surface area contributed by atoms with Gasteiger partial charge in [0.05, 0.1) is 12.2 Å². The summed E-state index contributed by atoms with van der Waals surface area (Å²) in [7, 11) is 2.10. The monoisotopic (exact) mass is 304 g/mol. The quantitative estimate of drug-likeness (QED) is 0.849. The second-order valence-corrected chi connectivity index (χ2v) is 5.53.